The summed E-state index contributed by atoms with van der Waals surface area (Å²) in [6.07, 6.45) is 0. The Morgan fingerprint density at radius 1 is 1.29 bits per heavy atom. The molecule has 0 spiro atoms. The van der Waals surface area contributed by atoms with Gasteiger partial charge in [-0.3, -0.25) is 4.79 Å². The van der Waals surface area contributed by atoms with E-state index in [1.54, 1.807) is 0 Å². The smallest absolute Gasteiger partial charge is 0.252 e. The zero-order chi connectivity index (χ0) is 10.8. The molecule has 0 saturated carbocycles. The molecule has 0 amide bonds. The molecular weight excluding hydrogens is 224 g/mol. The molecule has 0 aliphatic rings. The third-order valence-corrected chi connectivity index (χ3v) is 3.22. The summed E-state index contributed by atoms with van der Waals surface area (Å²) in [6, 6.07) is 5.33. The van der Waals surface area contributed by atoms with Crippen LogP contribution in [0.25, 0.3) is 0 Å². The number of halogens is 1. The van der Waals surface area contributed by atoms with Crippen LogP contribution in [0.5, 0.6) is 0 Å². The number of hydrogen-bond donors (Lipinski definition) is 0. The van der Waals surface area contributed by atoms with E-state index >= 15 is 0 Å². The monoisotopic (exact) mass is 230 g/mol. The molecule has 0 aromatic heterocycles. The molecule has 0 unspecified atom stereocenters. The Hall–Kier alpha value is -1.13. The van der Waals surface area contributed by atoms with Crippen molar-refractivity contribution in [2.75, 3.05) is 0 Å². The number of carbonyl (C=O) groups is 1. The Balaban J connectivity index is 3.19. The third kappa shape index (κ3) is 2.21. The van der Waals surface area contributed by atoms with E-state index in [0.717, 1.165) is 5.41 Å². The van der Waals surface area contributed by atoms with Crippen molar-refractivity contribution in [2.45, 2.75) is 4.90 Å². The number of sulfone groups is 1. The van der Waals surface area contributed by atoms with Crippen molar-refractivity contribution in [2.24, 2.45) is 0 Å². The van der Waals surface area contributed by atoms with Crippen LogP contribution in [-0.4, -0.2) is 13.7 Å². The molecule has 0 atom stereocenters. The minimum absolute atomic E-state index is 0.0918. The maximum atomic E-state index is 11.2. The van der Waals surface area contributed by atoms with Gasteiger partial charge in [-0.15, -0.1) is 0 Å². The molecule has 3 nitrogen and oxygen atoms in total. The fourth-order valence-electron chi connectivity index (χ4n) is 0.872. The highest BCUT2D eigenvalue weighted by Crippen LogP contribution is 2.13. The van der Waals surface area contributed by atoms with E-state index in [4.69, 9.17) is 11.6 Å². The van der Waals surface area contributed by atoms with Crippen LogP contribution < -0.4 is 0 Å². The molecule has 0 N–H and O–H groups in total. The van der Waals surface area contributed by atoms with E-state index in [2.05, 4.69) is 6.58 Å². The Bertz CT molecular complexity index is 459. The quantitative estimate of drug-likeness (QED) is 0.746. The highest BCUT2D eigenvalue weighted by Gasteiger charge is 2.09. The molecule has 0 fully saturated rings. The maximum Gasteiger partial charge on any atom is 0.252 e. The summed E-state index contributed by atoms with van der Waals surface area (Å²) in [5.41, 5.74) is 0.259. The van der Waals surface area contributed by atoms with Crippen LogP contribution in [0.15, 0.2) is 41.1 Å². The van der Waals surface area contributed by atoms with Gasteiger partial charge in [0.15, 0.2) is 9.84 Å². The van der Waals surface area contributed by atoms with E-state index < -0.39 is 15.1 Å². The third-order valence-electron chi connectivity index (χ3n) is 1.63. The molecule has 0 radical (unpaired) electrons. The fraction of sp³-hybridized carbons (Fsp3) is 0. The Morgan fingerprint density at radius 3 is 2.14 bits per heavy atom. The molecule has 1 aromatic carbocycles. The van der Waals surface area contributed by atoms with Gasteiger partial charge in [-0.1, -0.05) is 6.58 Å². The molecule has 1 rings (SSSR count). The summed E-state index contributed by atoms with van der Waals surface area (Å²) >= 11 is 5.20. The van der Waals surface area contributed by atoms with Crippen molar-refractivity contribution in [1.29, 1.82) is 0 Å². The first-order chi connectivity index (χ1) is 6.47. The van der Waals surface area contributed by atoms with Crippen LogP contribution in [0, 0.1) is 0 Å². The Labute approximate surface area is 86.9 Å². The number of benzene rings is 1. The summed E-state index contributed by atoms with van der Waals surface area (Å²) in [7, 11) is -3.43. The molecule has 0 heterocycles. The van der Waals surface area contributed by atoms with E-state index in [-0.39, 0.29) is 10.5 Å². The predicted molar refractivity (Wildman–Crippen MR) is 54.0 cm³/mol. The van der Waals surface area contributed by atoms with Gasteiger partial charge in [0.1, 0.15) is 0 Å². The van der Waals surface area contributed by atoms with Crippen LogP contribution in [0.1, 0.15) is 10.4 Å². The lowest BCUT2D eigenvalue weighted by molar-refractivity contribution is 0.108. The summed E-state index contributed by atoms with van der Waals surface area (Å²) in [4.78, 5) is 10.8. The van der Waals surface area contributed by atoms with Gasteiger partial charge in [-0.05, 0) is 35.9 Å². The van der Waals surface area contributed by atoms with Crippen LogP contribution >= 0.6 is 11.6 Å². The lowest BCUT2D eigenvalue weighted by Gasteiger charge is -1.98. The second-order valence-corrected chi connectivity index (χ2v) is 4.75. The SMILES string of the molecule is C=CS(=O)(=O)c1ccc(C(=O)Cl)cc1. The van der Waals surface area contributed by atoms with E-state index in [1.807, 2.05) is 0 Å². The van der Waals surface area contributed by atoms with Crippen LogP contribution in [0.2, 0.25) is 0 Å². The zero-order valence-corrected chi connectivity index (χ0v) is 8.68. The van der Waals surface area contributed by atoms with E-state index in [0.29, 0.717) is 0 Å². The van der Waals surface area contributed by atoms with Gasteiger partial charge >= 0.3 is 0 Å². The van der Waals surface area contributed by atoms with Gasteiger partial charge in [0.25, 0.3) is 5.24 Å². The highest BCUT2D eigenvalue weighted by molar-refractivity contribution is 7.94. The zero-order valence-electron chi connectivity index (χ0n) is 7.10. The first-order valence-corrected chi connectivity index (χ1v) is 5.57. The molecule has 1 aromatic rings. The standard InChI is InChI=1S/C9H7ClO3S/c1-2-14(12,13)8-5-3-7(4-6-8)9(10)11/h2-6H,1H2. The molecule has 5 heteroatoms. The Morgan fingerprint density at radius 2 is 1.79 bits per heavy atom. The summed E-state index contributed by atoms with van der Waals surface area (Å²) in [6.45, 7) is 3.19. The van der Waals surface area contributed by atoms with Crippen molar-refractivity contribution >= 4 is 26.7 Å². The minimum atomic E-state index is -3.43. The lowest BCUT2D eigenvalue weighted by Crippen LogP contribution is -1.96. The molecule has 0 saturated heterocycles. The molecule has 0 aliphatic heterocycles. The molecule has 0 bridgehead atoms. The summed E-state index contributed by atoms with van der Waals surface area (Å²) < 4.78 is 22.5. The number of carbonyl (C=O) groups excluding carboxylic acids is 1. The van der Waals surface area contributed by atoms with Crippen molar-refractivity contribution in [3.63, 3.8) is 0 Å². The van der Waals surface area contributed by atoms with Crippen molar-refractivity contribution in [3.8, 4) is 0 Å². The van der Waals surface area contributed by atoms with Crippen molar-refractivity contribution < 1.29 is 13.2 Å². The summed E-state index contributed by atoms with van der Waals surface area (Å²) in [5.74, 6) is 0. The molecule has 0 aliphatic carbocycles. The van der Waals surface area contributed by atoms with E-state index in [9.17, 15) is 13.2 Å². The second-order valence-electron chi connectivity index (χ2n) is 2.51. The van der Waals surface area contributed by atoms with Gasteiger partial charge in [-0.2, -0.15) is 0 Å². The molecular formula is C9H7ClO3S. The molecule has 74 valence electrons. The number of rotatable bonds is 3. The Kier molecular flexibility index (Phi) is 3.08. The average Bonchev–Trinajstić information content (AvgIpc) is 2.18. The first-order valence-electron chi connectivity index (χ1n) is 3.65. The van der Waals surface area contributed by atoms with Crippen LogP contribution in [0.3, 0.4) is 0 Å². The lowest BCUT2D eigenvalue weighted by atomic mass is 10.2. The van der Waals surface area contributed by atoms with Gasteiger partial charge in [-0.25, -0.2) is 8.42 Å². The van der Waals surface area contributed by atoms with Crippen molar-refractivity contribution in [3.05, 3.63) is 41.8 Å². The predicted octanol–water partition coefficient (Wildman–Crippen LogP) is 1.98. The molecule has 14 heavy (non-hydrogen) atoms. The van der Waals surface area contributed by atoms with Gasteiger partial charge in [0.2, 0.25) is 0 Å². The van der Waals surface area contributed by atoms with Crippen LogP contribution in [-0.2, 0) is 9.84 Å². The van der Waals surface area contributed by atoms with Gasteiger partial charge in [0, 0.05) is 11.0 Å². The topological polar surface area (TPSA) is 51.2 Å². The largest absolute Gasteiger partial charge is 0.276 e. The van der Waals surface area contributed by atoms with Crippen molar-refractivity contribution in [1.82, 2.24) is 0 Å². The minimum Gasteiger partial charge on any atom is -0.276 e. The van der Waals surface area contributed by atoms with E-state index in [1.165, 1.54) is 24.3 Å². The fourth-order valence-corrected chi connectivity index (χ4v) is 1.71. The highest BCUT2D eigenvalue weighted by atomic mass is 35.5. The van der Waals surface area contributed by atoms with Crippen LogP contribution in [0.4, 0.5) is 0 Å². The summed E-state index contributed by atoms with van der Waals surface area (Å²) in [5, 5.41) is 0.234. The maximum absolute atomic E-state index is 11.2. The first kappa shape index (κ1) is 10.9. The van der Waals surface area contributed by atoms with Gasteiger partial charge < -0.3 is 0 Å². The normalized spacial score (nSPS) is 10.9. The van der Waals surface area contributed by atoms with Gasteiger partial charge in [0.05, 0.1) is 4.90 Å². The average molecular weight is 231 g/mol. The second kappa shape index (κ2) is 3.94. The number of hydrogen-bond acceptors (Lipinski definition) is 3.